The van der Waals surface area contributed by atoms with Gasteiger partial charge in [0.25, 0.3) is 0 Å². The van der Waals surface area contributed by atoms with Gasteiger partial charge in [-0.15, -0.1) is 0 Å². The number of nitrogens with zero attached hydrogens (tertiary/aromatic N) is 1. The van der Waals surface area contributed by atoms with E-state index in [1.54, 1.807) is 30.5 Å². The van der Waals surface area contributed by atoms with Crippen LogP contribution in [0.5, 0.6) is 5.75 Å². The number of para-hydroxylation sites is 1. The first-order valence-electron chi connectivity index (χ1n) is 7.30. The quantitative estimate of drug-likeness (QED) is 0.500. The Morgan fingerprint density at radius 3 is 2.42 bits per heavy atom. The number of hydrogen-bond donors (Lipinski definition) is 3. The van der Waals surface area contributed by atoms with Gasteiger partial charge in [-0.1, -0.05) is 24.3 Å². The van der Waals surface area contributed by atoms with E-state index in [0.29, 0.717) is 11.2 Å². The minimum atomic E-state index is -0.873. The van der Waals surface area contributed by atoms with Gasteiger partial charge in [0.05, 0.1) is 16.9 Å². The number of rotatable bonds is 2. The third-order valence-corrected chi connectivity index (χ3v) is 3.49. The predicted octanol–water partition coefficient (Wildman–Crippen LogP) is 2.83. The number of benzene rings is 2. The lowest BCUT2D eigenvalue weighted by Gasteiger charge is -2.09. The minimum Gasteiger partial charge on any atom is -0.506 e. The van der Waals surface area contributed by atoms with Crippen molar-refractivity contribution < 1.29 is 14.7 Å². The highest BCUT2D eigenvalue weighted by Gasteiger charge is 2.17. The number of aryl methyl sites for hydroxylation is 1. The fraction of sp³-hybridized carbons (Fsp3) is 0.0556. The van der Waals surface area contributed by atoms with Gasteiger partial charge in [-0.2, -0.15) is 0 Å². The molecule has 6 nitrogen and oxygen atoms in total. The fourth-order valence-corrected chi connectivity index (χ4v) is 2.31. The highest BCUT2D eigenvalue weighted by Crippen LogP contribution is 2.24. The van der Waals surface area contributed by atoms with Gasteiger partial charge in [0.2, 0.25) is 0 Å². The second kappa shape index (κ2) is 6.37. The van der Waals surface area contributed by atoms with Crippen molar-refractivity contribution in [1.29, 1.82) is 0 Å². The van der Waals surface area contributed by atoms with E-state index in [-0.39, 0.29) is 11.4 Å². The van der Waals surface area contributed by atoms with Gasteiger partial charge in [0.15, 0.2) is 0 Å². The lowest BCUT2D eigenvalue weighted by molar-refractivity contribution is -0.132. The van der Waals surface area contributed by atoms with Gasteiger partial charge in [-0.25, -0.2) is 0 Å². The molecule has 0 atom stereocenters. The Morgan fingerprint density at radius 1 is 0.958 bits per heavy atom. The van der Waals surface area contributed by atoms with E-state index in [9.17, 15) is 14.7 Å². The molecule has 1 aromatic heterocycles. The summed E-state index contributed by atoms with van der Waals surface area (Å²) in [5.74, 6) is -1.81. The maximum absolute atomic E-state index is 12.1. The number of aromatic nitrogens is 1. The van der Waals surface area contributed by atoms with Gasteiger partial charge in [0.1, 0.15) is 5.75 Å². The number of anilines is 2. The lowest BCUT2D eigenvalue weighted by atomic mass is 10.2. The molecule has 0 aliphatic carbocycles. The van der Waals surface area contributed by atoms with E-state index in [2.05, 4.69) is 15.6 Å². The largest absolute Gasteiger partial charge is 0.506 e. The maximum Gasteiger partial charge on any atom is 0.314 e. The molecule has 6 heteroatoms. The van der Waals surface area contributed by atoms with Crippen LogP contribution in [0.3, 0.4) is 0 Å². The van der Waals surface area contributed by atoms with Crippen molar-refractivity contribution in [1.82, 2.24) is 4.98 Å². The standard InChI is InChI=1S/C18H15N3O3/c1-11-7-8-13(15(22)10-11)20-17(23)18(24)21-14-6-2-4-12-5-3-9-19-16(12)14/h2-10,22H,1H3,(H,20,23)(H,21,24). The number of fused-ring (bicyclic) bond motifs is 1. The number of hydrogen-bond acceptors (Lipinski definition) is 4. The van der Waals surface area contributed by atoms with E-state index in [4.69, 9.17) is 0 Å². The first-order valence-corrected chi connectivity index (χ1v) is 7.30. The van der Waals surface area contributed by atoms with Crippen molar-refractivity contribution in [2.45, 2.75) is 6.92 Å². The molecule has 0 aliphatic heterocycles. The summed E-state index contributed by atoms with van der Waals surface area (Å²) in [6.45, 7) is 1.81. The molecule has 0 radical (unpaired) electrons. The fourth-order valence-electron chi connectivity index (χ4n) is 2.31. The molecular formula is C18H15N3O3. The normalized spacial score (nSPS) is 10.4. The summed E-state index contributed by atoms with van der Waals surface area (Å²) >= 11 is 0. The molecule has 120 valence electrons. The van der Waals surface area contributed by atoms with Gasteiger partial charge < -0.3 is 15.7 Å². The number of carbonyl (C=O) groups is 2. The van der Waals surface area contributed by atoms with Crippen LogP contribution in [-0.2, 0) is 9.59 Å². The Kier molecular flexibility index (Phi) is 4.11. The zero-order valence-corrected chi connectivity index (χ0v) is 12.9. The van der Waals surface area contributed by atoms with E-state index >= 15 is 0 Å². The summed E-state index contributed by atoms with van der Waals surface area (Å²) in [6, 6.07) is 13.7. The average Bonchev–Trinajstić information content (AvgIpc) is 2.57. The Morgan fingerprint density at radius 2 is 1.67 bits per heavy atom. The summed E-state index contributed by atoms with van der Waals surface area (Å²) in [5.41, 5.74) is 2.06. The Bertz CT molecular complexity index is 932. The van der Waals surface area contributed by atoms with Crippen LogP contribution >= 0.6 is 0 Å². The van der Waals surface area contributed by atoms with Crippen molar-refractivity contribution in [3.63, 3.8) is 0 Å². The smallest absolute Gasteiger partial charge is 0.314 e. The summed E-state index contributed by atoms with van der Waals surface area (Å²) in [4.78, 5) is 28.4. The summed E-state index contributed by atoms with van der Waals surface area (Å²) in [7, 11) is 0. The van der Waals surface area contributed by atoms with Crippen LogP contribution in [-0.4, -0.2) is 21.9 Å². The third kappa shape index (κ3) is 3.17. The maximum atomic E-state index is 12.1. The van der Waals surface area contributed by atoms with E-state index < -0.39 is 11.8 Å². The van der Waals surface area contributed by atoms with E-state index in [0.717, 1.165) is 10.9 Å². The number of phenols is 1. The van der Waals surface area contributed by atoms with Crippen LogP contribution in [0.25, 0.3) is 10.9 Å². The van der Waals surface area contributed by atoms with Gasteiger partial charge >= 0.3 is 11.8 Å². The molecule has 0 saturated heterocycles. The van der Waals surface area contributed by atoms with Crippen LogP contribution in [0.15, 0.2) is 54.7 Å². The van der Waals surface area contributed by atoms with E-state index in [1.807, 2.05) is 19.1 Å². The number of phenolic OH excluding ortho intramolecular Hbond substituents is 1. The topological polar surface area (TPSA) is 91.3 Å². The van der Waals surface area contributed by atoms with Crippen molar-refractivity contribution in [2.75, 3.05) is 10.6 Å². The number of amides is 2. The molecule has 3 N–H and O–H groups in total. The molecular weight excluding hydrogens is 306 g/mol. The number of aromatic hydroxyl groups is 1. The predicted molar refractivity (Wildman–Crippen MR) is 91.8 cm³/mol. The van der Waals surface area contributed by atoms with Gasteiger partial charge in [-0.05, 0) is 36.8 Å². The van der Waals surface area contributed by atoms with Crippen molar-refractivity contribution in [3.05, 3.63) is 60.3 Å². The highest BCUT2D eigenvalue weighted by atomic mass is 16.3. The molecule has 3 rings (SSSR count). The van der Waals surface area contributed by atoms with Crippen LogP contribution in [0, 0.1) is 6.92 Å². The molecule has 2 amide bonds. The Hall–Kier alpha value is -3.41. The first kappa shape index (κ1) is 15.5. The average molecular weight is 321 g/mol. The minimum absolute atomic E-state index is 0.0945. The SMILES string of the molecule is Cc1ccc(NC(=O)C(=O)Nc2cccc3cccnc23)c(O)c1. The molecule has 2 aromatic carbocycles. The number of pyridine rings is 1. The summed E-state index contributed by atoms with van der Waals surface area (Å²) < 4.78 is 0. The van der Waals surface area contributed by atoms with Crippen molar-refractivity contribution >= 4 is 34.1 Å². The second-order valence-electron chi connectivity index (χ2n) is 5.31. The number of carbonyl (C=O) groups excluding carboxylic acids is 2. The monoisotopic (exact) mass is 321 g/mol. The Balaban J connectivity index is 1.77. The Labute approximate surface area is 138 Å². The van der Waals surface area contributed by atoms with Gasteiger partial charge in [-0.3, -0.25) is 14.6 Å². The van der Waals surface area contributed by atoms with E-state index in [1.165, 1.54) is 12.1 Å². The molecule has 0 spiro atoms. The molecule has 0 saturated carbocycles. The number of nitrogens with one attached hydrogen (secondary N) is 2. The first-order chi connectivity index (χ1) is 11.5. The van der Waals surface area contributed by atoms with Crippen LogP contribution in [0.1, 0.15) is 5.56 Å². The molecule has 0 aliphatic rings. The molecule has 24 heavy (non-hydrogen) atoms. The molecule has 3 aromatic rings. The second-order valence-corrected chi connectivity index (χ2v) is 5.31. The van der Waals surface area contributed by atoms with Crippen LogP contribution in [0.4, 0.5) is 11.4 Å². The molecule has 1 heterocycles. The summed E-state index contributed by atoms with van der Waals surface area (Å²) in [6.07, 6.45) is 1.61. The van der Waals surface area contributed by atoms with Crippen LogP contribution in [0.2, 0.25) is 0 Å². The van der Waals surface area contributed by atoms with Crippen LogP contribution < -0.4 is 10.6 Å². The van der Waals surface area contributed by atoms with Crippen molar-refractivity contribution in [3.8, 4) is 5.75 Å². The molecule has 0 bridgehead atoms. The molecule has 0 unspecified atom stereocenters. The lowest BCUT2D eigenvalue weighted by Crippen LogP contribution is -2.29. The third-order valence-electron chi connectivity index (χ3n) is 3.49. The zero-order chi connectivity index (χ0) is 17.1. The van der Waals surface area contributed by atoms with Crippen molar-refractivity contribution in [2.24, 2.45) is 0 Å². The molecule has 0 fully saturated rings. The summed E-state index contributed by atoms with van der Waals surface area (Å²) in [5, 5.41) is 15.6. The zero-order valence-electron chi connectivity index (χ0n) is 12.9. The highest BCUT2D eigenvalue weighted by molar-refractivity contribution is 6.44. The van der Waals surface area contributed by atoms with Gasteiger partial charge in [0, 0.05) is 11.6 Å².